The largest absolute Gasteiger partial charge is 0.497 e. The van der Waals surface area contributed by atoms with Gasteiger partial charge in [-0.3, -0.25) is 9.59 Å². The quantitative estimate of drug-likeness (QED) is 0.519. The van der Waals surface area contributed by atoms with Crippen molar-refractivity contribution >= 4 is 34.1 Å². The highest BCUT2D eigenvalue weighted by atomic mass is 32.1. The molecule has 0 radical (unpaired) electrons. The first-order valence-electron chi connectivity index (χ1n) is 10.4. The van der Waals surface area contributed by atoms with Crippen LogP contribution in [0.1, 0.15) is 62.3 Å². The van der Waals surface area contributed by atoms with Gasteiger partial charge in [-0.05, 0) is 44.5 Å². The van der Waals surface area contributed by atoms with Crippen molar-refractivity contribution < 1.29 is 33.3 Å². The minimum Gasteiger partial charge on any atom is -0.497 e. The predicted molar refractivity (Wildman–Crippen MR) is 120 cm³/mol. The fourth-order valence-corrected chi connectivity index (χ4v) is 5.07. The van der Waals surface area contributed by atoms with Crippen molar-refractivity contribution in [2.75, 3.05) is 20.0 Å². The van der Waals surface area contributed by atoms with Gasteiger partial charge in [0, 0.05) is 18.4 Å². The van der Waals surface area contributed by atoms with Crippen molar-refractivity contribution in [3.8, 4) is 5.75 Å². The number of hydrogen-bond donors (Lipinski definition) is 1. The van der Waals surface area contributed by atoms with Crippen LogP contribution < -0.4 is 10.5 Å². The molecule has 1 aromatic carbocycles. The van der Waals surface area contributed by atoms with Crippen molar-refractivity contribution in [3.63, 3.8) is 0 Å². The number of nitrogen functional groups attached to an aromatic ring is 1. The molecule has 3 heterocycles. The highest BCUT2D eigenvalue weighted by Gasteiger charge is 2.45. The number of nitrogens with two attached hydrogens (primary N) is 1. The Balaban J connectivity index is 1.63. The molecule has 2 N–H and O–H groups in total. The molecular formula is C23H26N2O7S. The molecule has 2 amide bonds. The van der Waals surface area contributed by atoms with Crippen LogP contribution in [-0.2, 0) is 27.2 Å². The van der Waals surface area contributed by atoms with Crippen LogP contribution >= 0.6 is 11.3 Å². The number of nitrogens with zero attached hydrogens (tertiary/aromatic N) is 1. The van der Waals surface area contributed by atoms with Crippen LogP contribution in [0.2, 0.25) is 0 Å². The molecule has 176 valence electrons. The number of hydrogen-bond acceptors (Lipinski definition) is 9. The SMILES string of the molecule is COc1ccc2c(c1)C(=O)N(C(OC)C1Cc3c(sc(N)c3C(=O)OC(C)(C)C)CO1)C2=O. The van der Waals surface area contributed by atoms with Gasteiger partial charge in [-0.1, -0.05) is 0 Å². The second-order valence-electron chi connectivity index (χ2n) is 8.82. The van der Waals surface area contributed by atoms with E-state index in [2.05, 4.69) is 0 Å². The van der Waals surface area contributed by atoms with E-state index in [0.29, 0.717) is 21.9 Å². The Morgan fingerprint density at radius 1 is 1.21 bits per heavy atom. The second-order valence-corrected chi connectivity index (χ2v) is 9.95. The maximum Gasteiger partial charge on any atom is 0.341 e. The zero-order chi connectivity index (χ0) is 24.1. The summed E-state index contributed by atoms with van der Waals surface area (Å²) >= 11 is 1.27. The molecule has 0 saturated heterocycles. The van der Waals surface area contributed by atoms with Crippen molar-refractivity contribution in [2.24, 2.45) is 0 Å². The van der Waals surface area contributed by atoms with Crippen LogP contribution in [0.15, 0.2) is 18.2 Å². The lowest BCUT2D eigenvalue weighted by atomic mass is 9.99. The lowest BCUT2D eigenvalue weighted by Gasteiger charge is -2.34. The average Bonchev–Trinajstić information content (AvgIpc) is 3.21. The molecule has 0 fully saturated rings. The molecule has 33 heavy (non-hydrogen) atoms. The third-order valence-corrected chi connectivity index (χ3v) is 6.53. The van der Waals surface area contributed by atoms with Gasteiger partial charge >= 0.3 is 5.97 Å². The third kappa shape index (κ3) is 4.09. The van der Waals surface area contributed by atoms with Gasteiger partial charge in [0.1, 0.15) is 22.5 Å². The number of carbonyl (C=O) groups excluding carboxylic acids is 3. The lowest BCUT2D eigenvalue weighted by molar-refractivity contribution is -0.114. The van der Waals surface area contributed by atoms with Crippen LogP contribution in [-0.4, -0.2) is 54.8 Å². The summed E-state index contributed by atoms with van der Waals surface area (Å²) < 4.78 is 22.3. The first-order chi connectivity index (χ1) is 15.6. The summed E-state index contributed by atoms with van der Waals surface area (Å²) in [4.78, 5) is 40.9. The van der Waals surface area contributed by atoms with Crippen molar-refractivity contribution in [3.05, 3.63) is 45.3 Å². The first-order valence-corrected chi connectivity index (χ1v) is 11.2. The summed E-state index contributed by atoms with van der Waals surface area (Å²) in [6, 6.07) is 4.71. The first kappa shape index (κ1) is 23.2. The topological polar surface area (TPSA) is 117 Å². The molecule has 0 bridgehead atoms. The number of ether oxygens (including phenoxy) is 4. The number of benzene rings is 1. The Bertz CT molecular complexity index is 1130. The van der Waals surface area contributed by atoms with E-state index in [4.69, 9.17) is 24.7 Å². The number of amides is 2. The number of rotatable bonds is 5. The number of carbonyl (C=O) groups is 3. The molecule has 1 aromatic heterocycles. The molecule has 2 aliphatic rings. The number of methoxy groups -OCH3 is 2. The fourth-order valence-electron chi connectivity index (χ4n) is 4.06. The van der Waals surface area contributed by atoms with Gasteiger partial charge < -0.3 is 24.7 Å². The number of thiophene rings is 1. The second kappa shape index (κ2) is 8.44. The third-order valence-electron chi connectivity index (χ3n) is 5.49. The molecule has 2 unspecified atom stereocenters. The Morgan fingerprint density at radius 2 is 1.91 bits per heavy atom. The molecule has 9 nitrogen and oxygen atoms in total. The Hall–Kier alpha value is -2.95. The van der Waals surface area contributed by atoms with E-state index in [0.717, 1.165) is 9.78 Å². The predicted octanol–water partition coefficient (Wildman–Crippen LogP) is 3.00. The van der Waals surface area contributed by atoms with E-state index in [1.54, 1.807) is 32.9 Å². The van der Waals surface area contributed by atoms with E-state index in [-0.39, 0.29) is 24.2 Å². The smallest absolute Gasteiger partial charge is 0.341 e. The summed E-state index contributed by atoms with van der Waals surface area (Å²) in [5.74, 6) is -1.01. The van der Waals surface area contributed by atoms with Crippen LogP contribution in [0, 0.1) is 0 Å². The standard InChI is InChI=1S/C23H26N2O7S/c1-23(2,3)32-22(28)17-14-9-15(31-10-16(14)33-18(17)24)21(30-5)25-19(26)12-7-6-11(29-4)8-13(12)20(25)27/h6-8,15,21H,9-10,24H2,1-5H3. The number of imide groups is 1. The number of esters is 1. The summed E-state index contributed by atoms with van der Waals surface area (Å²) in [6.45, 7) is 5.52. The lowest BCUT2D eigenvalue weighted by Crippen LogP contribution is -2.50. The average molecular weight is 475 g/mol. The molecule has 2 aliphatic heterocycles. The maximum atomic E-state index is 13.1. The molecule has 10 heteroatoms. The normalized spacial score (nSPS) is 18.7. The van der Waals surface area contributed by atoms with Crippen LogP contribution in [0.3, 0.4) is 0 Å². The van der Waals surface area contributed by atoms with Gasteiger partial charge in [0.25, 0.3) is 11.8 Å². The summed E-state index contributed by atoms with van der Waals surface area (Å²) in [5, 5.41) is 0.347. The van der Waals surface area contributed by atoms with Gasteiger partial charge in [-0.2, -0.15) is 0 Å². The Labute approximate surface area is 195 Å². The summed E-state index contributed by atoms with van der Waals surface area (Å²) in [5.41, 5.74) is 6.98. The highest BCUT2D eigenvalue weighted by molar-refractivity contribution is 7.16. The number of fused-ring (bicyclic) bond motifs is 2. The minimum atomic E-state index is -0.996. The van der Waals surface area contributed by atoms with Crippen molar-refractivity contribution in [1.29, 1.82) is 0 Å². The molecule has 0 aliphatic carbocycles. The van der Waals surface area contributed by atoms with E-state index in [9.17, 15) is 14.4 Å². The van der Waals surface area contributed by atoms with Gasteiger partial charge in [-0.15, -0.1) is 11.3 Å². The zero-order valence-corrected chi connectivity index (χ0v) is 19.9. The minimum absolute atomic E-state index is 0.175. The molecule has 2 atom stereocenters. The molecule has 0 saturated carbocycles. The van der Waals surface area contributed by atoms with E-state index < -0.39 is 35.7 Å². The van der Waals surface area contributed by atoms with Crippen LogP contribution in [0.4, 0.5) is 5.00 Å². The monoisotopic (exact) mass is 474 g/mol. The Morgan fingerprint density at radius 3 is 2.55 bits per heavy atom. The van der Waals surface area contributed by atoms with Crippen LogP contribution in [0.5, 0.6) is 5.75 Å². The summed E-state index contributed by atoms with van der Waals surface area (Å²) in [6.07, 6.45) is -1.46. The van der Waals surface area contributed by atoms with E-state index >= 15 is 0 Å². The van der Waals surface area contributed by atoms with Gasteiger partial charge in [0.15, 0.2) is 6.23 Å². The fraction of sp³-hybridized carbons (Fsp3) is 0.435. The van der Waals surface area contributed by atoms with Gasteiger partial charge in [-0.25, -0.2) is 9.69 Å². The van der Waals surface area contributed by atoms with Crippen molar-refractivity contribution in [1.82, 2.24) is 4.90 Å². The molecular weight excluding hydrogens is 448 g/mol. The zero-order valence-electron chi connectivity index (χ0n) is 19.1. The Kier molecular flexibility index (Phi) is 5.94. The molecule has 4 rings (SSSR count). The van der Waals surface area contributed by atoms with Gasteiger partial charge in [0.05, 0.1) is 30.4 Å². The van der Waals surface area contributed by atoms with Crippen molar-refractivity contribution in [2.45, 2.75) is 51.7 Å². The highest BCUT2D eigenvalue weighted by Crippen LogP contribution is 2.39. The molecule has 2 aromatic rings. The molecule has 0 spiro atoms. The van der Waals surface area contributed by atoms with Gasteiger partial charge in [0.2, 0.25) is 0 Å². The number of anilines is 1. The van der Waals surface area contributed by atoms with E-state index in [1.807, 2.05) is 0 Å². The maximum absolute atomic E-state index is 13.1. The van der Waals surface area contributed by atoms with E-state index in [1.165, 1.54) is 31.6 Å². The summed E-state index contributed by atoms with van der Waals surface area (Å²) in [7, 11) is 2.89. The van der Waals surface area contributed by atoms with Crippen LogP contribution in [0.25, 0.3) is 0 Å².